The first-order valence-corrected chi connectivity index (χ1v) is 9.08. The quantitative estimate of drug-likeness (QED) is 0.274. The average Bonchev–Trinajstić information content (AvgIpc) is 2.54. The van der Waals surface area contributed by atoms with E-state index in [-0.39, 0.29) is 0 Å². The zero-order chi connectivity index (χ0) is 16.1. The van der Waals surface area contributed by atoms with E-state index in [9.17, 15) is 0 Å². The lowest BCUT2D eigenvalue weighted by Gasteiger charge is -2.06. The Hall–Kier alpha value is -0.560. The van der Waals surface area contributed by atoms with Gasteiger partial charge in [0, 0.05) is 6.61 Å². The summed E-state index contributed by atoms with van der Waals surface area (Å²) in [5, 5.41) is 0. The Balaban J connectivity index is 2.93. The minimum Gasteiger partial charge on any atom is -0.379 e. The Bertz CT molecular complexity index is 235. The summed E-state index contributed by atoms with van der Waals surface area (Å²) >= 11 is 0. The van der Waals surface area contributed by atoms with Gasteiger partial charge in [-0.1, -0.05) is 70.6 Å². The van der Waals surface area contributed by atoms with E-state index in [4.69, 9.17) is 20.6 Å². The molecule has 0 aliphatic rings. The summed E-state index contributed by atoms with van der Waals surface area (Å²) in [4.78, 5) is 0. The topological polar surface area (TPSA) is 27.7 Å². The molecule has 0 fully saturated rings. The van der Waals surface area contributed by atoms with Crippen molar-refractivity contribution in [1.29, 1.82) is 0 Å². The van der Waals surface area contributed by atoms with Gasteiger partial charge in [-0.2, -0.15) is 0 Å². The van der Waals surface area contributed by atoms with Crippen molar-refractivity contribution >= 4 is 0 Å². The molecule has 0 aromatic heterocycles. The van der Waals surface area contributed by atoms with Crippen LogP contribution in [0.2, 0.25) is 0 Å². The fourth-order valence-corrected chi connectivity index (χ4v) is 2.26. The zero-order valence-corrected chi connectivity index (χ0v) is 14.6. The molecule has 3 nitrogen and oxygen atoms in total. The maximum Gasteiger partial charge on any atom is 0.107 e. The number of hydrogen-bond donors (Lipinski definition) is 0. The van der Waals surface area contributed by atoms with Crippen LogP contribution in [0.5, 0.6) is 0 Å². The average molecular weight is 312 g/mol. The molecule has 0 spiro atoms. The van der Waals surface area contributed by atoms with Gasteiger partial charge in [-0.05, 0) is 6.42 Å². The van der Waals surface area contributed by atoms with Crippen molar-refractivity contribution in [2.24, 2.45) is 0 Å². The molecule has 0 N–H and O–H groups in total. The second-order valence-corrected chi connectivity index (χ2v) is 5.66. The minimum absolute atomic E-state index is 0.360. The van der Waals surface area contributed by atoms with E-state index in [1.54, 1.807) is 0 Å². The molecule has 3 heteroatoms. The van der Waals surface area contributed by atoms with Crippen LogP contribution in [0.1, 0.15) is 71.1 Å². The first-order valence-electron chi connectivity index (χ1n) is 9.08. The van der Waals surface area contributed by atoms with Crippen molar-refractivity contribution in [3.63, 3.8) is 0 Å². The van der Waals surface area contributed by atoms with Crippen LogP contribution in [0.3, 0.4) is 0 Å². The summed E-state index contributed by atoms with van der Waals surface area (Å²) in [5.41, 5.74) is 0. The fraction of sp³-hybridized carbons (Fsp3) is 0.895. The third-order valence-corrected chi connectivity index (χ3v) is 3.57. The van der Waals surface area contributed by atoms with Gasteiger partial charge in [0.05, 0.1) is 26.4 Å². The summed E-state index contributed by atoms with van der Waals surface area (Å²) in [7, 11) is 0. The lowest BCUT2D eigenvalue weighted by atomic mass is 10.1. The molecule has 130 valence electrons. The molecule has 0 saturated carbocycles. The molecular formula is C19H36O3. The molecule has 0 saturated heterocycles. The van der Waals surface area contributed by atoms with Crippen molar-refractivity contribution in [1.82, 2.24) is 0 Å². The van der Waals surface area contributed by atoms with Crippen molar-refractivity contribution in [2.75, 3.05) is 39.6 Å². The summed E-state index contributed by atoms with van der Waals surface area (Å²) in [5.74, 6) is 2.42. The first kappa shape index (κ1) is 21.4. The van der Waals surface area contributed by atoms with Crippen LogP contribution < -0.4 is 0 Å². The molecule has 0 aliphatic carbocycles. The SMILES string of the molecule is C#CCOCCOCCOCCCCCCCCCCCC. The van der Waals surface area contributed by atoms with Gasteiger partial charge in [0.2, 0.25) is 0 Å². The predicted molar refractivity (Wildman–Crippen MR) is 93.1 cm³/mol. The number of rotatable bonds is 18. The number of hydrogen-bond acceptors (Lipinski definition) is 3. The Kier molecular flexibility index (Phi) is 19.9. The lowest BCUT2D eigenvalue weighted by Crippen LogP contribution is -2.09. The standard InChI is InChI=1S/C19H36O3/c1-3-5-6-7-8-9-10-11-12-13-15-21-17-19-22-18-16-20-14-4-2/h2H,3,5-19H2,1H3. The highest BCUT2D eigenvalue weighted by molar-refractivity contribution is 4.82. The van der Waals surface area contributed by atoms with Crippen molar-refractivity contribution < 1.29 is 14.2 Å². The van der Waals surface area contributed by atoms with E-state index in [1.807, 2.05) is 0 Å². The highest BCUT2D eigenvalue weighted by atomic mass is 16.5. The van der Waals surface area contributed by atoms with Crippen LogP contribution in [-0.2, 0) is 14.2 Å². The summed E-state index contributed by atoms with van der Waals surface area (Å²) in [6.45, 7) is 5.94. The Morgan fingerprint density at radius 2 is 1.05 bits per heavy atom. The third kappa shape index (κ3) is 19.4. The van der Waals surface area contributed by atoms with Gasteiger partial charge in [-0.25, -0.2) is 0 Å². The lowest BCUT2D eigenvalue weighted by molar-refractivity contribution is 0.0195. The molecule has 0 heterocycles. The molecule has 0 rings (SSSR count). The second kappa shape index (κ2) is 20.4. The van der Waals surface area contributed by atoms with Gasteiger partial charge in [0.15, 0.2) is 0 Å². The van der Waals surface area contributed by atoms with Gasteiger partial charge in [-0.15, -0.1) is 6.42 Å². The summed E-state index contributed by atoms with van der Waals surface area (Å²) < 4.78 is 16.0. The van der Waals surface area contributed by atoms with Crippen LogP contribution in [0.4, 0.5) is 0 Å². The van der Waals surface area contributed by atoms with E-state index >= 15 is 0 Å². The van der Waals surface area contributed by atoms with Gasteiger partial charge < -0.3 is 14.2 Å². The van der Waals surface area contributed by atoms with Gasteiger partial charge >= 0.3 is 0 Å². The smallest absolute Gasteiger partial charge is 0.107 e. The monoisotopic (exact) mass is 312 g/mol. The second-order valence-electron chi connectivity index (χ2n) is 5.66. The Morgan fingerprint density at radius 3 is 1.59 bits per heavy atom. The summed E-state index contributed by atoms with van der Waals surface area (Å²) in [6, 6.07) is 0. The first-order chi connectivity index (χ1) is 10.9. The maximum absolute atomic E-state index is 5.54. The van der Waals surface area contributed by atoms with E-state index in [2.05, 4.69) is 12.8 Å². The Morgan fingerprint density at radius 1 is 0.591 bits per heavy atom. The number of unbranched alkanes of at least 4 members (excludes halogenated alkanes) is 9. The van der Waals surface area contributed by atoms with Gasteiger partial charge in [0.1, 0.15) is 6.61 Å². The normalized spacial score (nSPS) is 10.7. The van der Waals surface area contributed by atoms with E-state index in [0.717, 1.165) is 6.61 Å². The molecule has 0 aliphatic heterocycles. The van der Waals surface area contributed by atoms with Gasteiger partial charge in [-0.3, -0.25) is 0 Å². The zero-order valence-electron chi connectivity index (χ0n) is 14.6. The van der Waals surface area contributed by atoms with E-state index < -0.39 is 0 Å². The van der Waals surface area contributed by atoms with E-state index in [0.29, 0.717) is 33.0 Å². The molecule has 0 aromatic rings. The third-order valence-electron chi connectivity index (χ3n) is 3.57. The molecular weight excluding hydrogens is 276 g/mol. The van der Waals surface area contributed by atoms with Crippen LogP contribution in [0.15, 0.2) is 0 Å². The minimum atomic E-state index is 0.360. The fourth-order valence-electron chi connectivity index (χ4n) is 2.26. The summed E-state index contributed by atoms with van der Waals surface area (Å²) in [6.07, 6.45) is 18.6. The molecule has 22 heavy (non-hydrogen) atoms. The maximum atomic E-state index is 5.54. The Labute approximate surface area is 138 Å². The molecule has 0 bridgehead atoms. The van der Waals surface area contributed by atoms with Gasteiger partial charge in [0.25, 0.3) is 0 Å². The highest BCUT2D eigenvalue weighted by Gasteiger charge is 1.94. The largest absolute Gasteiger partial charge is 0.379 e. The molecule has 0 aromatic carbocycles. The van der Waals surface area contributed by atoms with Crippen LogP contribution in [0, 0.1) is 12.3 Å². The predicted octanol–water partition coefficient (Wildman–Crippen LogP) is 4.59. The van der Waals surface area contributed by atoms with Crippen LogP contribution in [-0.4, -0.2) is 39.6 Å². The molecule has 0 unspecified atom stereocenters. The highest BCUT2D eigenvalue weighted by Crippen LogP contribution is 2.10. The van der Waals surface area contributed by atoms with Crippen LogP contribution >= 0.6 is 0 Å². The number of terminal acetylenes is 1. The van der Waals surface area contributed by atoms with Crippen LogP contribution in [0.25, 0.3) is 0 Å². The van der Waals surface area contributed by atoms with E-state index in [1.165, 1.54) is 64.2 Å². The molecule has 0 radical (unpaired) electrons. The van der Waals surface area contributed by atoms with Crippen molar-refractivity contribution in [3.05, 3.63) is 0 Å². The molecule has 0 atom stereocenters. The van der Waals surface area contributed by atoms with Crippen molar-refractivity contribution in [2.45, 2.75) is 71.1 Å². The molecule has 0 amide bonds. The van der Waals surface area contributed by atoms with Crippen molar-refractivity contribution in [3.8, 4) is 12.3 Å². The number of ether oxygens (including phenoxy) is 3.